The summed E-state index contributed by atoms with van der Waals surface area (Å²) in [5.74, 6) is 1.54. The third kappa shape index (κ3) is 4.03. The number of rotatable bonds is 5. The Balaban J connectivity index is 1.41. The van der Waals surface area contributed by atoms with Crippen LogP contribution < -0.4 is 4.74 Å². The minimum Gasteiger partial charge on any atom is -0.457 e. The standard InChI is InChI=1S/C28H23N3O/c1-20-8-5-9-21(2)28(20)31-18-27(30-19-31)23-11-7-13-25(17-23)32-24-12-6-10-22(16-24)26-14-3-4-15-29-26/h3-19H,1-2H3. The first-order valence-corrected chi connectivity index (χ1v) is 10.6. The highest BCUT2D eigenvalue weighted by molar-refractivity contribution is 5.63. The Kier molecular flexibility index (Phi) is 5.26. The van der Waals surface area contributed by atoms with Gasteiger partial charge in [-0.05, 0) is 61.4 Å². The van der Waals surface area contributed by atoms with E-state index in [4.69, 9.17) is 4.74 Å². The van der Waals surface area contributed by atoms with Gasteiger partial charge in [0.2, 0.25) is 0 Å². The van der Waals surface area contributed by atoms with Crippen LogP contribution in [0.1, 0.15) is 11.1 Å². The molecule has 0 saturated heterocycles. The van der Waals surface area contributed by atoms with Crippen LogP contribution in [-0.2, 0) is 0 Å². The lowest BCUT2D eigenvalue weighted by molar-refractivity contribution is 0.483. The zero-order chi connectivity index (χ0) is 21.9. The third-order valence-electron chi connectivity index (χ3n) is 5.44. The van der Waals surface area contributed by atoms with Crippen LogP contribution >= 0.6 is 0 Å². The molecular weight excluding hydrogens is 394 g/mol. The zero-order valence-electron chi connectivity index (χ0n) is 18.1. The summed E-state index contributed by atoms with van der Waals surface area (Å²) in [5, 5.41) is 0. The molecule has 0 atom stereocenters. The van der Waals surface area contributed by atoms with Gasteiger partial charge in [-0.25, -0.2) is 4.98 Å². The van der Waals surface area contributed by atoms with Crippen LogP contribution in [0.2, 0.25) is 0 Å². The molecule has 5 aromatic rings. The lowest BCUT2D eigenvalue weighted by Crippen LogP contribution is -1.96. The molecule has 0 saturated carbocycles. The molecule has 3 aromatic carbocycles. The minimum absolute atomic E-state index is 0.766. The molecule has 0 spiro atoms. The van der Waals surface area contributed by atoms with Gasteiger partial charge in [0.1, 0.15) is 11.5 Å². The molecule has 0 fully saturated rings. The van der Waals surface area contributed by atoms with E-state index in [0.29, 0.717) is 0 Å². The highest BCUT2D eigenvalue weighted by Crippen LogP contribution is 2.30. The molecule has 0 unspecified atom stereocenters. The van der Waals surface area contributed by atoms with Crippen molar-refractivity contribution >= 4 is 0 Å². The van der Waals surface area contributed by atoms with E-state index in [1.54, 1.807) is 6.20 Å². The van der Waals surface area contributed by atoms with Crippen molar-refractivity contribution in [3.8, 4) is 39.7 Å². The first kappa shape index (κ1) is 19.8. The fourth-order valence-electron chi connectivity index (χ4n) is 3.91. The van der Waals surface area contributed by atoms with Crippen LogP contribution in [0.25, 0.3) is 28.2 Å². The van der Waals surface area contributed by atoms with Gasteiger partial charge in [0.25, 0.3) is 0 Å². The van der Waals surface area contributed by atoms with E-state index in [0.717, 1.165) is 34.0 Å². The van der Waals surface area contributed by atoms with Crippen LogP contribution in [0, 0.1) is 13.8 Å². The molecule has 32 heavy (non-hydrogen) atoms. The Morgan fingerprint density at radius 2 is 1.31 bits per heavy atom. The average molecular weight is 418 g/mol. The summed E-state index contributed by atoms with van der Waals surface area (Å²) >= 11 is 0. The lowest BCUT2D eigenvalue weighted by atomic mass is 10.1. The summed E-state index contributed by atoms with van der Waals surface area (Å²) in [6, 6.07) is 28.2. The molecule has 0 bridgehead atoms. The molecule has 0 amide bonds. The van der Waals surface area contributed by atoms with Gasteiger partial charge in [-0.2, -0.15) is 0 Å². The van der Waals surface area contributed by atoms with E-state index < -0.39 is 0 Å². The van der Waals surface area contributed by atoms with Gasteiger partial charge in [-0.15, -0.1) is 0 Å². The fourth-order valence-corrected chi connectivity index (χ4v) is 3.91. The molecule has 0 aliphatic carbocycles. The van der Waals surface area contributed by atoms with Gasteiger partial charge in [0.05, 0.1) is 23.4 Å². The molecule has 2 heterocycles. The van der Waals surface area contributed by atoms with Gasteiger partial charge in [-0.3, -0.25) is 4.98 Å². The van der Waals surface area contributed by atoms with Crippen molar-refractivity contribution in [3.05, 3.63) is 115 Å². The van der Waals surface area contributed by atoms with E-state index in [-0.39, 0.29) is 0 Å². The predicted octanol–water partition coefficient (Wildman–Crippen LogP) is 7.01. The van der Waals surface area contributed by atoms with Gasteiger partial charge in [0.15, 0.2) is 0 Å². The number of nitrogens with zero attached hydrogens (tertiary/aromatic N) is 3. The van der Waals surface area contributed by atoms with Crippen LogP contribution in [0.3, 0.4) is 0 Å². The SMILES string of the molecule is Cc1cccc(C)c1-n1cnc(-c2cccc(Oc3cccc(-c4ccccn4)c3)c2)c1. The molecule has 5 rings (SSSR count). The number of imidazole rings is 1. The van der Waals surface area contributed by atoms with E-state index in [9.17, 15) is 0 Å². The molecule has 0 aliphatic heterocycles. The lowest BCUT2D eigenvalue weighted by Gasteiger charge is -2.10. The molecule has 4 nitrogen and oxygen atoms in total. The fraction of sp³-hybridized carbons (Fsp3) is 0.0714. The molecule has 156 valence electrons. The summed E-state index contributed by atoms with van der Waals surface area (Å²) in [6.45, 7) is 4.24. The molecule has 0 radical (unpaired) electrons. The molecule has 0 N–H and O–H groups in total. The monoisotopic (exact) mass is 417 g/mol. The Hall–Kier alpha value is -4.18. The third-order valence-corrected chi connectivity index (χ3v) is 5.44. The molecular formula is C28H23N3O. The Morgan fingerprint density at radius 3 is 1.97 bits per heavy atom. The normalized spacial score (nSPS) is 10.8. The van der Waals surface area contributed by atoms with Crippen molar-refractivity contribution in [2.75, 3.05) is 0 Å². The summed E-state index contributed by atoms with van der Waals surface area (Å²) in [4.78, 5) is 9.07. The topological polar surface area (TPSA) is 39.9 Å². The second-order valence-corrected chi connectivity index (χ2v) is 7.78. The zero-order valence-corrected chi connectivity index (χ0v) is 18.1. The number of benzene rings is 3. The second-order valence-electron chi connectivity index (χ2n) is 7.78. The Bertz CT molecular complexity index is 1350. The van der Waals surface area contributed by atoms with Crippen molar-refractivity contribution in [2.24, 2.45) is 0 Å². The number of para-hydroxylation sites is 1. The predicted molar refractivity (Wildman–Crippen MR) is 128 cm³/mol. The van der Waals surface area contributed by atoms with E-state index in [1.165, 1.54) is 16.8 Å². The quantitative estimate of drug-likeness (QED) is 0.309. The van der Waals surface area contributed by atoms with E-state index in [1.807, 2.05) is 67.0 Å². The molecule has 2 aromatic heterocycles. The number of aromatic nitrogens is 3. The number of aryl methyl sites for hydroxylation is 2. The Labute approximate surface area is 187 Å². The molecule has 4 heteroatoms. The van der Waals surface area contributed by atoms with E-state index >= 15 is 0 Å². The number of pyridine rings is 1. The largest absolute Gasteiger partial charge is 0.457 e. The van der Waals surface area contributed by atoms with Gasteiger partial charge < -0.3 is 9.30 Å². The van der Waals surface area contributed by atoms with Crippen molar-refractivity contribution in [3.63, 3.8) is 0 Å². The summed E-state index contributed by atoms with van der Waals surface area (Å²) in [6.07, 6.45) is 5.73. The van der Waals surface area contributed by atoms with Crippen molar-refractivity contribution < 1.29 is 4.74 Å². The number of hydrogen-bond donors (Lipinski definition) is 0. The van der Waals surface area contributed by atoms with Crippen molar-refractivity contribution in [1.29, 1.82) is 0 Å². The van der Waals surface area contributed by atoms with Crippen LogP contribution in [-0.4, -0.2) is 14.5 Å². The highest BCUT2D eigenvalue weighted by atomic mass is 16.5. The highest BCUT2D eigenvalue weighted by Gasteiger charge is 2.09. The maximum absolute atomic E-state index is 6.17. The smallest absolute Gasteiger partial charge is 0.128 e. The first-order chi connectivity index (χ1) is 15.7. The van der Waals surface area contributed by atoms with Crippen molar-refractivity contribution in [2.45, 2.75) is 13.8 Å². The van der Waals surface area contributed by atoms with Crippen LogP contribution in [0.5, 0.6) is 11.5 Å². The minimum atomic E-state index is 0.766. The average Bonchev–Trinajstić information content (AvgIpc) is 3.30. The number of hydrogen-bond acceptors (Lipinski definition) is 3. The summed E-state index contributed by atoms with van der Waals surface area (Å²) < 4.78 is 8.26. The van der Waals surface area contributed by atoms with Crippen LogP contribution in [0.15, 0.2) is 104 Å². The van der Waals surface area contributed by atoms with Gasteiger partial charge >= 0.3 is 0 Å². The van der Waals surface area contributed by atoms with E-state index in [2.05, 4.69) is 58.8 Å². The van der Waals surface area contributed by atoms with Gasteiger partial charge in [0, 0.05) is 23.5 Å². The summed E-state index contributed by atoms with van der Waals surface area (Å²) in [7, 11) is 0. The van der Waals surface area contributed by atoms with Crippen LogP contribution in [0.4, 0.5) is 0 Å². The number of ether oxygens (including phenoxy) is 1. The summed E-state index contributed by atoms with van der Waals surface area (Å²) in [5.41, 5.74) is 7.46. The maximum Gasteiger partial charge on any atom is 0.128 e. The molecule has 0 aliphatic rings. The first-order valence-electron chi connectivity index (χ1n) is 10.6. The van der Waals surface area contributed by atoms with Crippen molar-refractivity contribution in [1.82, 2.24) is 14.5 Å². The maximum atomic E-state index is 6.17. The van der Waals surface area contributed by atoms with Gasteiger partial charge in [-0.1, -0.05) is 48.5 Å². The second kappa shape index (κ2) is 8.52. The Morgan fingerprint density at radius 1 is 0.656 bits per heavy atom.